The van der Waals surface area contributed by atoms with Crippen LogP contribution in [-0.2, 0) is 11.3 Å². The zero-order valence-corrected chi connectivity index (χ0v) is 6.73. The van der Waals surface area contributed by atoms with Gasteiger partial charge in [-0.05, 0) is 12.8 Å². The summed E-state index contributed by atoms with van der Waals surface area (Å²) in [6.07, 6.45) is 5.52. The van der Waals surface area contributed by atoms with Gasteiger partial charge in [-0.3, -0.25) is 0 Å². The molecule has 1 aromatic rings. The highest BCUT2D eigenvalue weighted by molar-refractivity contribution is 4.59. The van der Waals surface area contributed by atoms with Gasteiger partial charge < -0.3 is 4.74 Å². The Balaban J connectivity index is 2.04. The number of hydrogen-bond acceptors (Lipinski definition) is 3. The lowest BCUT2D eigenvalue weighted by Crippen LogP contribution is -2.02. The van der Waals surface area contributed by atoms with Gasteiger partial charge in [-0.1, -0.05) is 0 Å². The third-order valence-electron chi connectivity index (χ3n) is 1.42. The van der Waals surface area contributed by atoms with Crippen LogP contribution in [0.25, 0.3) is 0 Å². The number of unbranched alkanes of at least 4 members (excludes halogenated alkanes) is 1. The molecule has 0 saturated heterocycles. The summed E-state index contributed by atoms with van der Waals surface area (Å²) in [4.78, 5) is 1.69. The maximum absolute atomic E-state index is 4.91. The van der Waals surface area contributed by atoms with E-state index in [1.807, 2.05) is 0 Å². The number of hydrogen-bond donors (Lipinski definition) is 0. The van der Waals surface area contributed by atoms with Gasteiger partial charge in [0.2, 0.25) is 0 Å². The average molecular weight is 155 g/mol. The van der Waals surface area contributed by atoms with Crippen molar-refractivity contribution in [2.75, 3.05) is 13.7 Å². The van der Waals surface area contributed by atoms with Crippen LogP contribution >= 0.6 is 0 Å². The number of aromatic nitrogens is 3. The van der Waals surface area contributed by atoms with E-state index in [4.69, 9.17) is 4.74 Å². The summed E-state index contributed by atoms with van der Waals surface area (Å²) in [6, 6.07) is 0. The molecular weight excluding hydrogens is 142 g/mol. The van der Waals surface area contributed by atoms with Crippen molar-refractivity contribution < 1.29 is 4.74 Å². The summed E-state index contributed by atoms with van der Waals surface area (Å²) in [7, 11) is 1.71. The van der Waals surface area contributed by atoms with Crippen molar-refractivity contribution in [1.29, 1.82) is 0 Å². The molecule has 0 unspecified atom stereocenters. The molecular formula is C7H13N3O. The fraction of sp³-hybridized carbons (Fsp3) is 0.714. The van der Waals surface area contributed by atoms with Crippen LogP contribution in [0.2, 0.25) is 0 Å². The molecule has 11 heavy (non-hydrogen) atoms. The monoisotopic (exact) mass is 155 g/mol. The lowest BCUT2D eigenvalue weighted by molar-refractivity contribution is 0.190. The van der Waals surface area contributed by atoms with E-state index in [2.05, 4.69) is 10.2 Å². The molecule has 0 aliphatic carbocycles. The van der Waals surface area contributed by atoms with E-state index in [0.29, 0.717) is 0 Å². The van der Waals surface area contributed by atoms with Crippen LogP contribution < -0.4 is 0 Å². The van der Waals surface area contributed by atoms with Gasteiger partial charge in [0.05, 0.1) is 18.9 Å². The third-order valence-corrected chi connectivity index (χ3v) is 1.42. The average Bonchev–Trinajstić information content (AvgIpc) is 2.50. The number of methoxy groups -OCH3 is 1. The molecule has 0 radical (unpaired) electrons. The largest absolute Gasteiger partial charge is 0.385 e. The molecule has 4 heteroatoms. The van der Waals surface area contributed by atoms with Crippen LogP contribution in [0.5, 0.6) is 0 Å². The van der Waals surface area contributed by atoms with Gasteiger partial charge in [0.25, 0.3) is 0 Å². The van der Waals surface area contributed by atoms with E-state index in [1.165, 1.54) is 0 Å². The Morgan fingerprint density at radius 2 is 2.00 bits per heavy atom. The van der Waals surface area contributed by atoms with E-state index in [0.717, 1.165) is 26.0 Å². The van der Waals surface area contributed by atoms with Crippen molar-refractivity contribution in [3.63, 3.8) is 0 Å². The second kappa shape index (κ2) is 4.85. The Hall–Kier alpha value is -0.900. The van der Waals surface area contributed by atoms with Crippen LogP contribution in [0, 0.1) is 0 Å². The summed E-state index contributed by atoms with van der Waals surface area (Å²) >= 11 is 0. The summed E-state index contributed by atoms with van der Waals surface area (Å²) in [5.74, 6) is 0. The fourth-order valence-corrected chi connectivity index (χ4v) is 0.858. The topological polar surface area (TPSA) is 39.9 Å². The van der Waals surface area contributed by atoms with E-state index >= 15 is 0 Å². The Kier molecular flexibility index (Phi) is 3.61. The second-order valence-corrected chi connectivity index (χ2v) is 2.32. The zero-order valence-electron chi connectivity index (χ0n) is 6.73. The van der Waals surface area contributed by atoms with Crippen molar-refractivity contribution >= 4 is 0 Å². The highest BCUT2D eigenvalue weighted by Gasteiger charge is 1.90. The molecule has 0 aliphatic heterocycles. The molecule has 0 spiro atoms. The number of aryl methyl sites for hydroxylation is 1. The minimum absolute atomic E-state index is 0.821. The molecule has 0 aromatic carbocycles. The van der Waals surface area contributed by atoms with Gasteiger partial charge in [0.1, 0.15) is 0 Å². The molecule has 1 heterocycles. The molecule has 1 aromatic heterocycles. The number of rotatable bonds is 5. The molecule has 0 saturated carbocycles. The molecule has 4 nitrogen and oxygen atoms in total. The van der Waals surface area contributed by atoms with Crippen molar-refractivity contribution in [3.05, 3.63) is 12.4 Å². The predicted molar refractivity (Wildman–Crippen MR) is 41.1 cm³/mol. The lowest BCUT2D eigenvalue weighted by atomic mass is 10.3. The van der Waals surface area contributed by atoms with Crippen molar-refractivity contribution in [1.82, 2.24) is 15.0 Å². The summed E-state index contributed by atoms with van der Waals surface area (Å²) in [5.41, 5.74) is 0. The lowest BCUT2D eigenvalue weighted by Gasteiger charge is -1.98. The van der Waals surface area contributed by atoms with E-state index in [9.17, 15) is 0 Å². The van der Waals surface area contributed by atoms with Gasteiger partial charge in [-0.25, -0.2) is 0 Å². The zero-order chi connectivity index (χ0) is 7.94. The summed E-state index contributed by atoms with van der Waals surface area (Å²) in [5, 5.41) is 7.96. The molecule has 1 rings (SSSR count). The molecule has 0 atom stereocenters. The SMILES string of the molecule is COCCCCn1nccn1. The first kappa shape index (κ1) is 8.20. The van der Waals surface area contributed by atoms with Crippen LogP contribution in [-0.4, -0.2) is 28.7 Å². The van der Waals surface area contributed by atoms with Gasteiger partial charge in [-0.15, -0.1) is 0 Å². The molecule has 0 fully saturated rings. The standard InChI is InChI=1S/C7H13N3O/c1-11-7-3-2-6-10-8-4-5-9-10/h4-5H,2-3,6-7H2,1H3. The maximum Gasteiger partial charge on any atom is 0.0693 e. The fourth-order valence-electron chi connectivity index (χ4n) is 0.858. The summed E-state index contributed by atoms with van der Waals surface area (Å²) < 4.78 is 4.91. The summed E-state index contributed by atoms with van der Waals surface area (Å²) in [6.45, 7) is 1.71. The molecule has 0 bridgehead atoms. The van der Waals surface area contributed by atoms with Crippen molar-refractivity contribution in [2.45, 2.75) is 19.4 Å². The normalized spacial score (nSPS) is 10.3. The first-order chi connectivity index (χ1) is 5.43. The highest BCUT2D eigenvalue weighted by Crippen LogP contribution is 1.91. The Labute approximate surface area is 66.2 Å². The Morgan fingerprint density at radius 3 is 2.64 bits per heavy atom. The van der Waals surface area contributed by atoms with Crippen LogP contribution in [0.15, 0.2) is 12.4 Å². The molecule has 0 aliphatic rings. The second-order valence-electron chi connectivity index (χ2n) is 2.32. The molecule has 62 valence electrons. The van der Waals surface area contributed by atoms with E-state index in [-0.39, 0.29) is 0 Å². The van der Waals surface area contributed by atoms with Gasteiger partial charge in [0.15, 0.2) is 0 Å². The van der Waals surface area contributed by atoms with E-state index in [1.54, 1.807) is 24.3 Å². The minimum Gasteiger partial charge on any atom is -0.385 e. The smallest absolute Gasteiger partial charge is 0.0693 e. The highest BCUT2D eigenvalue weighted by atomic mass is 16.5. The Morgan fingerprint density at radius 1 is 1.27 bits per heavy atom. The molecule has 0 amide bonds. The quantitative estimate of drug-likeness (QED) is 0.588. The van der Waals surface area contributed by atoms with E-state index < -0.39 is 0 Å². The van der Waals surface area contributed by atoms with Gasteiger partial charge >= 0.3 is 0 Å². The van der Waals surface area contributed by atoms with Crippen LogP contribution in [0.4, 0.5) is 0 Å². The maximum atomic E-state index is 4.91. The number of nitrogens with zero attached hydrogens (tertiary/aromatic N) is 3. The Bertz CT molecular complexity index is 174. The van der Waals surface area contributed by atoms with Crippen molar-refractivity contribution in [3.8, 4) is 0 Å². The third kappa shape index (κ3) is 3.13. The number of ether oxygens (including phenoxy) is 1. The van der Waals surface area contributed by atoms with Crippen LogP contribution in [0.1, 0.15) is 12.8 Å². The first-order valence-electron chi connectivity index (χ1n) is 3.76. The first-order valence-corrected chi connectivity index (χ1v) is 3.76. The predicted octanol–water partition coefficient (Wildman–Crippen LogP) is 0.705. The van der Waals surface area contributed by atoms with Crippen LogP contribution in [0.3, 0.4) is 0 Å². The van der Waals surface area contributed by atoms with Crippen molar-refractivity contribution in [2.24, 2.45) is 0 Å². The van der Waals surface area contributed by atoms with Gasteiger partial charge in [0, 0.05) is 13.7 Å². The molecule has 0 N–H and O–H groups in total. The van der Waals surface area contributed by atoms with Gasteiger partial charge in [-0.2, -0.15) is 15.0 Å². The minimum atomic E-state index is 0.821.